The summed E-state index contributed by atoms with van der Waals surface area (Å²) < 4.78 is 0. The van der Waals surface area contributed by atoms with Gasteiger partial charge in [0.05, 0.1) is 18.4 Å². The Morgan fingerprint density at radius 3 is 2.44 bits per heavy atom. The van der Waals surface area contributed by atoms with Gasteiger partial charge in [0, 0.05) is 16.8 Å². The summed E-state index contributed by atoms with van der Waals surface area (Å²) >= 11 is 6.09. The zero-order valence-electron chi connectivity index (χ0n) is 13.3. The van der Waals surface area contributed by atoms with Crippen LogP contribution in [0.4, 0.5) is 10.5 Å². The van der Waals surface area contributed by atoms with Crippen LogP contribution in [0.2, 0.25) is 5.02 Å². The van der Waals surface area contributed by atoms with Gasteiger partial charge in [0.2, 0.25) is 0 Å². The Hall–Kier alpha value is -2.87. The highest BCUT2D eigenvalue weighted by atomic mass is 35.5. The summed E-state index contributed by atoms with van der Waals surface area (Å²) in [6, 6.07) is 13.8. The zero-order chi connectivity index (χ0) is 17.8. The zero-order valence-corrected chi connectivity index (χ0v) is 14.0. The van der Waals surface area contributed by atoms with Crippen molar-refractivity contribution in [1.29, 1.82) is 0 Å². The molecule has 25 heavy (non-hydrogen) atoms. The number of aromatic amines is 1. The molecule has 0 bridgehead atoms. The maximum Gasteiger partial charge on any atom is 0.353 e. The fraction of sp³-hybridized carbons (Fsp3) is 0.0588. The highest BCUT2D eigenvalue weighted by Gasteiger charge is 2.18. The molecule has 3 aromatic rings. The maximum absolute atomic E-state index is 12.4. The molecule has 0 radical (unpaired) electrons. The van der Waals surface area contributed by atoms with Gasteiger partial charge in [0.15, 0.2) is 0 Å². The highest BCUT2D eigenvalue weighted by molar-refractivity contribution is 6.31. The number of carbonyl (C=O) groups is 1. The number of nitrogens with zero attached hydrogens (tertiary/aromatic N) is 3. The van der Waals surface area contributed by atoms with Gasteiger partial charge in [-0.3, -0.25) is 10.1 Å². The molecule has 128 valence electrons. The first-order valence-corrected chi connectivity index (χ1v) is 7.87. The van der Waals surface area contributed by atoms with Crippen LogP contribution in [0, 0.1) is 0 Å². The normalized spacial score (nSPS) is 10.5. The Morgan fingerprint density at radius 1 is 1.08 bits per heavy atom. The van der Waals surface area contributed by atoms with E-state index in [0.29, 0.717) is 10.7 Å². The topological polar surface area (TPSA) is 104 Å². The lowest BCUT2D eigenvalue weighted by atomic mass is 10.1. The fourth-order valence-corrected chi connectivity index (χ4v) is 2.55. The van der Waals surface area contributed by atoms with Crippen molar-refractivity contribution in [2.75, 3.05) is 5.01 Å². The quantitative estimate of drug-likeness (QED) is 0.379. The number of anilines is 1. The number of rotatable bonds is 4. The summed E-state index contributed by atoms with van der Waals surface area (Å²) in [4.78, 5) is 12.4. The number of carbonyl (C=O) groups excluding carboxylic acids is 1. The van der Waals surface area contributed by atoms with Crippen LogP contribution in [0.25, 0.3) is 11.1 Å². The van der Waals surface area contributed by atoms with E-state index in [4.69, 9.17) is 23.3 Å². The van der Waals surface area contributed by atoms with Crippen LogP contribution < -0.4 is 16.7 Å². The number of H-pyrrole nitrogens is 1. The van der Waals surface area contributed by atoms with Gasteiger partial charge >= 0.3 is 6.03 Å². The monoisotopic (exact) mass is 356 g/mol. The lowest BCUT2D eigenvalue weighted by Crippen LogP contribution is -2.50. The predicted molar refractivity (Wildman–Crippen MR) is 97.3 cm³/mol. The third-order valence-electron chi connectivity index (χ3n) is 3.73. The van der Waals surface area contributed by atoms with Crippen LogP contribution in [0.3, 0.4) is 0 Å². The van der Waals surface area contributed by atoms with Crippen molar-refractivity contribution in [2.24, 2.45) is 11.7 Å². The molecule has 0 aliphatic carbocycles. The summed E-state index contributed by atoms with van der Waals surface area (Å²) in [7, 11) is 0. The number of benzene rings is 2. The van der Waals surface area contributed by atoms with Crippen molar-refractivity contribution in [3.8, 4) is 11.1 Å². The number of amides is 2. The van der Waals surface area contributed by atoms with Crippen molar-refractivity contribution in [3.63, 3.8) is 0 Å². The van der Waals surface area contributed by atoms with E-state index in [0.717, 1.165) is 26.7 Å². The molecule has 7 nitrogen and oxygen atoms in total. The summed E-state index contributed by atoms with van der Waals surface area (Å²) in [5, 5.41) is 9.22. The Kier molecular flexibility index (Phi) is 4.99. The molecule has 0 unspecified atom stereocenters. The third kappa shape index (κ3) is 3.80. The first-order chi connectivity index (χ1) is 12.1. The van der Waals surface area contributed by atoms with Crippen molar-refractivity contribution in [3.05, 3.63) is 71.5 Å². The number of aromatic nitrogens is 2. The molecule has 8 heteroatoms. The number of hydrazine groups is 2. The van der Waals surface area contributed by atoms with E-state index in [2.05, 4.69) is 10.2 Å². The van der Waals surface area contributed by atoms with E-state index < -0.39 is 6.03 Å². The second-order valence-corrected chi connectivity index (χ2v) is 5.81. The molecule has 3 rings (SSSR count). The number of nitrogens with two attached hydrogens (primary N) is 2. The summed E-state index contributed by atoms with van der Waals surface area (Å²) in [5.41, 5.74) is 3.16. The number of hydrogen-bond donors (Lipinski definition) is 3. The van der Waals surface area contributed by atoms with Crippen molar-refractivity contribution >= 4 is 23.3 Å². The minimum atomic E-state index is -0.545. The average Bonchev–Trinajstić information content (AvgIpc) is 3.17. The van der Waals surface area contributed by atoms with Gasteiger partial charge in [-0.25, -0.2) is 21.5 Å². The van der Waals surface area contributed by atoms with Crippen LogP contribution >= 0.6 is 11.6 Å². The smallest absolute Gasteiger partial charge is 0.285 e. The lowest BCUT2D eigenvalue weighted by Gasteiger charge is -2.24. The molecule has 0 aliphatic heterocycles. The predicted octanol–water partition coefficient (Wildman–Crippen LogP) is 2.91. The molecule has 2 amide bonds. The van der Waals surface area contributed by atoms with Gasteiger partial charge < -0.3 is 0 Å². The first kappa shape index (κ1) is 17.0. The Bertz CT molecular complexity index is 850. The molecule has 1 aromatic heterocycles. The van der Waals surface area contributed by atoms with Gasteiger partial charge in [-0.15, -0.1) is 0 Å². The number of halogens is 1. The van der Waals surface area contributed by atoms with Crippen molar-refractivity contribution in [2.45, 2.75) is 6.54 Å². The summed E-state index contributed by atoms with van der Waals surface area (Å²) in [6.07, 6.45) is 3.50. The molecule has 0 spiro atoms. The molecule has 0 saturated carbocycles. The van der Waals surface area contributed by atoms with Gasteiger partial charge in [0.25, 0.3) is 0 Å². The van der Waals surface area contributed by atoms with Crippen LogP contribution in [-0.2, 0) is 6.54 Å². The lowest BCUT2D eigenvalue weighted by molar-refractivity contribution is 0.203. The Labute approximate surface area is 149 Å². The van der Waals surface area contributed by atoms with Crippen LogP contribution in [0.15, 0.2) is 60.9 Å². The Morgan fingerprint density at radius 2 is 1.80 bits per heavy atom. The van der Waals surface area contributed by atoms with Crippen LogP contribution in [0.5, 0.6) is 0 Å². The van der Waals surface area contributed by atoms with Gasteiger partial charge in [0.1, 0.15) is 0 Å². The third-order valence-corrected chi connectivity index (χ3v) is 4.10. The number of hydrogen-bond acceptors (Lipinski definition) is 4. The van der Waals surface area contributed by atoms with Gasteiger partial charge in [-0.2, -0.15) is 5.10 Å². The molecule has 5 N–H and O–H groups in total. The first-order valence-electron chi connectivity index (χ1n) is 7.50. The standard InChI is InChI=1S/C17H17ClN6O/c18-16-4-2-1-3-13(16)11-23(19)17(25)24(20)15-7-5-12(6-8-15)14-9-21-22-10-14/h1-10H,11,19-20H2,(H,21,22). The Balaban J connectivity index is 1.70. The molecule has 0 aliphatic rings. The van der Waals surface area contributed by atoms with E-state index >= 15 is 0 Å². The van der Waals surface area contributed by atoms with E-state index in [-0.39, 0.29) is 6.54 Å². The van der Waals surface area contributed by atoms with E-state index in [9.17, 15) is 4.79 Å². The van der Waals surface area contributed by atoms with E-state index in [1.807, 2.05) is 24.3 Å². The minimum Gasteiger partial charge on any atom is -0.285 e. The molecule has 0 fully saturated rings. The summed E-state index contributed by atoms with van der Waals surface area (Å²) in [6.45, 7) is 0.152. The highest BCUT2D eigenvalue weighted by Crippen LogP contribution is 2.22. The average molecular weight is 357 g/mol. The molecular weight excluding hydrogens is 340 g/mol. The minimum absolute atomic E-state index is 0.152. The molecule has 1 heterocycles. The van der Waals surface area contributed by atoms with Gasteiger partial charge in [-0.05, 0) is 29.3 Å². The van der Waals surface area contributed by atoms with Crippen molar-refractivity contribution in [1.82, 2.24) is 15.2 Å². The fourth-order valence-electron chi connectivity index (χ4n) is 2.35. The second kappa shape index (κ2) is 7.35. The van der Waals surface area contributed by atoms with E-state index in [1.54, 1.807) is 36.7 Å². The second-order valence-electron chi connectivity index (χ2n) is 5.41. The van der Waals surface area contributed by atoms with Crippen LogP contribution in [-0.4, -0.2) is 21.2 Å². The molecule has 0 atom stereocenters. The molecule has 2 aromatic carbocycles. The number of urea groups is 1. The van der Waals surface area contributed by atoms with Crippen molar-refractivity contribution < 1.29 is 4.79 Å². The molecular formula is C17H17ClN6O. The maximum atomic E-state index is 12.4. The largest absolute Gasteiger partial charge is 0.353 e. The van der Waals surface area contributed by atoms with E-state index in [1.165, 1.54) is 0 Å². The summed E-state index contributed by atoms with van der Waals surface area (Å²) in [5.74, 6) is 11.8. The van der Waals surface area contributed by atoms with Gasteiger partial charge in [-0.1, -0.05) is 41.9 Å². The number of nitrogens with one attached hydrogen (secondary N) is 1. The van der Waals surface area contributed by atoms with Crippen LogP contribution in [0.1, 0.15) is 5.56 Å². The SMILES string of the molecule is NN(Cc1ccccc1Cl)C(=O)N(N)c1ccc(-c2cn[nH]c2)cc1. The molecule has 0 saturated heterocycles.